The van der Waals surface area contributed by atoms with Crippen molar-refractivity contribution in [3.63, 3.8) is 0 Å². The van der Waals surface area contributed by atoms with Crippen LogP contribution in [0.2, 0.25) is 0 Å². The van der Waals surface area contributed by atoms with Crippen LogP contribution in [0.1, 0.15) is 30.1 Å². The Morgan fingerprint density at radius 1 is 0.833 bits per heavy atom. The maximum absolute atomic E-state index is 6.27. The van der Waals surface area contributed by atoms with E-state index in [1.807, 2.05) is 18.2 Å². The monoisotopic (exact) mass is 318 g/mol. The van der Waals surface area contributed by atoms with Gasteiger partial charge in [-0.15, -0.1) is 0 Å². The topological polar surface area (TPSA) is 18.5 Å². The summed E-state index contributed by atoms with van der Waals surface area (Å²) in [7, 11) is 0. The molecular weight excluding hydrogens is 296 g/mol. The Balaban J connectivity index is 1.37. The Hall–Kier alpha value is -2.16. The average molecular weight is 318 g/mol. The molecule has 0 amide bonds. The number of ether oxygens (including phenoxy) is 2. The van der Waals surface area contributed by atoms with E-state index in [0.717, 1.165) is 12.8 Å². The van der Waals surface area contributed by atoms with Crippen LogP contribution in [0.15, 0.2) is 72.8 Å². The van der Waals surface area contributed by atoms with Gasteiger partial charge in [0.15, 0.2) is 0 Å². The van der Waals surface area contributed by atoms with Crippen molar-refractivity contribution in [3.05, 3.63) is 83.9 Å². The third kappa shape index (κ3) is 3.35. The lowest BCUT2D eigenvalue weighted by molar-refractivity contribution is -0.0200. The molecule has 122 valence electrons. The van der Waals surface area contributed by atoms with Crippen molar-refractivity contribution >= 4 is 10.8 Å². The molecule has 1 saturated heterocycles. The number of hydrogen-bond acceptors (Lipinski definition) is 2. The van der Waals surface area contributed by atoms with E-state index in [2.05, 4.69) is 54.6 Å². The molecule has 0 saturated carbocycles. The summed E-state index contributed by atoms with van der Waals surface area (Å²) in [5.74, 6) is 0. The Morgan fingerprint density at radius 3 is 2.54 bits per heavy atom. The average Bonchev–Trinajstić information content (AvgIpc) is 3.11. The van der Waals surface area contributed by atoms with Crippen molar-refractivity contribution in [2.45, 2.75) is 31.7 Å². The summed E-state index contributed by atoms with van der Waals surface area (Å²) in [6.07, 6.45) is 2.50. The van der Waals surface area contributed by atoms with Crippen LogP contribution < -0.4 is 0 Å². The molecule has 0 aliphatic carbocycles. The lowest BCUT2D eigenvalue weighted by Gasteiger charge is -2.16. The molecule has 24 heavy (non-hydrogen) atoms. The maximum Gasteiger partial charge on any atom is 0.0836 e. The molecule has 0 N–H and O–H groups in total. The van der Waals surface area contributed by atoms with E-state index in [0.29, 0.717) is 13.2 Å². The van der Waals surface area contributed by atoms with Crippen LogP contribution in [0.4, 0.5) is 0 Å². The molecule has 4 rings (SSSR count). The van der Waals surface area contributed by atoms with Gasteiger partial charge in [-0.25, -0.2) is 0 Å². The molecule has 0 aromatic heterocycles. The molecule has 2 atom stereocenters. The van der Waals surface area contributed by atoms with E-state index in [1.165, 1.54) is 21.9 Å². The van der Waals surface area contributed by atoms with Crippen LogP contribution >= 0.6 is 0 Å². The molecule has 2 heteroatoms. The number of fused-ring (bicyclic) bond motifs is 1. The maximum atomic E-state index is 6.27. The van der Waals surface area contributed by atoms with Gasteiger partial charge in [-0.2, -0.15) is 0 Å². The molecular formula is C22H22O2. The second kappa shape index (κ2) is 7.16. The van der Waals surface area contributed by atoms with Gasteiger partial charge in [-0.05, 0) is 34.7 Å². The highest BCUT2D eigenvalue weighted by Gasteiger charge is 2.27. The van der Waals surface area contributed by atoms with Gasteiger partial charge in [0.1, 0.15) is 0 Å². The van der Waals surface area contributed by atoms with E-state index in [4.69, 9.17) is 9.47 Å². The second-order valence-electron chi connectivity index (χ2n) is 6.39. The fourth-order valence-corrected chi connectivity index (χ4v) is 3.47. The molecule has 1 aliphatic rings. The van der Waals surface area contributed by atoms with Crippen LogP contribution in [0.25, 0.3) is 10.8 Å². The normalized spacial score (nSPS) is 20.5. The van der Waals surface area contributed by atoms with Gasteiger partial charge in [0.05, 0.1) is 25.4 Å². The molecule has 1 heterocycles. The highest BCUT2D eigenvalue weighted by molar-refractivity contribution is 5.86. The van der Waals surface area contributed by atoms with Crippen LogP contribution in [-0.4, -0.2) is 12.7 Å². The van der Waals surface area contributed by atoms with Crippen LogP contribution in [-0.2, 0) is 16.1 Å². The summed E-state index contributed by atoms with van der Waals surface area (Å²) in [6, 6.07) is 25.3. The predicted octanol–water partition coefficient (Wildman–Crippen LogP) is 5.28. The van der Waals surface area contributed by atoms with Gasteiger partial charge in [0, 0.05) is 0 Å². The Labute approximate surface area is 143 Å². The van der Waals surface area contributed by atoms with Crippen molar-refractivity contribution in [1.82, 2.24) is 0 Å². The van der Waals surface area contributed by atoms with E-state index < -0.39 is 0 Å². The van der Waals surface area contributed by atoms with Gasteiger partial charge < -0.3 is 9.47 Å². The molecule has 3 aromatic rings. The first-order valence-electron chi connectivity index (χ1n) is 8.65. The van der Waals surface area contributed by atoms with E-state index in [1.54, 1.807) is 0 Å². The minimum Gasteiger partial charge on any atom is -0.374 e. The summed E-state index contributed by atoms with van der Waals surface area (Å²) in [4.78, 5) is 0. The van der Waals surface area contributed by atoms with Crippen molar-refractivity contribution in [2.75, 3.05) is 6.61 Å². The van der Waals surface area contributed by atoms with Gasteiger partial charge in [0.2, 0.25) is 0 Å². The lowest BCUT2D eigenvalue weighted by Crippen LogP contribution is -2.14. The zero-order valence-corrected chi connectivity index (χ0v) is 13.7. The van der Waals surface area contributed by atoms with Gasteiger partial charge in [0.25, 0.3) is 0 Å². The summed E-state index contributed by atoms with van der Waals surface area (Å²) in [5, 5.41) is 2.58. The third-order valence-corrected chi connectivity index (χ3v) is 4.69. The Morgan fingerprint density at radius 2 is 1.62 bits per heavy atom. The fraction of sp³-hybridized carbons (Fsp3) is 0.273. The van der Waals surface area contributed by atoms with Crippen LogP contribution in [0.3, 0.4) is 0 Å². The molecule has 0 unspecified atom stereocenters. The number of hydrogen-bond donors (Lipinski definition) is 0. The van der Waals surface area contributed by atoms with Crippen molar-refractivity contribution in [3.8, 4) is 0 Å². The standard InChI is InChI=1S/C22H22O2/c1-2-7-17(8-3-1)15-23-16-19-13-14-22(24-19)21-12-6-10-18-9-4-5-11-20(18)21/h1-12,19,22H,13-16H2/t19-,22+/m0/s1. The zero-order chi connectivity index (χ0) is 16.2. The Kier molecular flexibility index (Phi) is 4.59. The number of rotatable bonds is 5. The van der Waals surface area contributed by atoms with E-state index in [-0.39, 0.29) is 12.2 Å². The predicted molar refractivity (Wildman–Crippen MR) is 96.9 cm³/mol. The summed E-state index contributed by atoms with van der Waals surface area (Å²) in [6.45, 7) is 1.32. The molecule has 1 fully saturated rings. The molecule has 3 aromatic carbocycles. The van der Waals surface area contributed by atoms with Gasteiger partial charge >= 0.3 is 0 Å². The summed E-state index contributed by atoms with van der Waals surface area (Å²) in [5.41, 5.74) is 2.51. The first-order valence-corrected chi connectivity index (χ1v) is 8.65. The summed E-state index contributed by atoms with van der Waals surface area (Å²) < 4.78 is 12.1. The van der Waals surface area contributed by atoms with Gasteiger partial charge in [-0.1, -0.05) is 72.8 Å². The summed E-state index contributed by atoms with van der Waals surface area (Å²) >= 11 is 0. The highest BCUT2D eigenvalue weighted by atomic mass is 16.5. The quantitative estimate of drug-likeness (QED) is 0.637. The largest absolute Gasteiger partial charge is 0.374 e. The fourth-order valence-electron chi connectivity index (χ4n) is 3.47. The SMILES string of the molecule is c1ccc(COC[C@@H]2CC[C@H](c3cccc4ccccc34)O2)cc1. The highest BCUT2D eigenvalue weighted by Crippen LogP contribution is 2.36. The van der Waals surface area contributed by atoms with Crippen molar-refractivity contribution in [1.29, 1.82) is 0 Å². The molecule has 2 nitrogen and oxygen atoms in total. The van der Waals surface area contributed by atoms with E-state index >= 15 is 0 Å². The minimum atomic E-state index is 0.182. The minimum absolute atomic E-state index is 0.182. The van der Waals surface area contributed by atoms with Crippen molar-refractivity contribution < 1.29 is 9.47 Å². The van der Waals surface area contributed by atoms with Crippen molar-refractivity contribution in [2.24, 2.45) is 0 Å². The third-order valence-electron chi connectivity index (χ3n) is 4.69. The second-order valence-corrected chi connectivity index (χ2v) is 6.39. The first-order chi connectivity index (χ1) is 11.9. The smallest absolute Gasteiger partial charge is 0.0836 e. The molecule has 1 aliphatic heterocycles. The zero-order valence-electron chi connectivity index (χ0n) is 13.7. The first kappa shape index (κ1) is 15.4. The lowest BCUT2D eigenvalue weighted by atomic mass is 9.99. The molecule has 0 bridgehead atoms. The van der Waals surface area contributed by atoms with Crippen LogP contribution in [0, 0.1) is 0 Å². The van der Waals surface area contributed by atoms with Gasteiger partial charge in [-0.3, -0.25) is 0 Å². The Bertz CT molecular complexity index is 792. The molecule has 0 radical (unpaired) electrons. The van der Waals surface area contributed by atoms with Crippen LogP contribution in [0.5, 0.6) is 0 Å². The molecule has 0 spiro atoms. The van der Waals surface area contributed by atoms with E-state index in [9.17, 15) is 0 Å². The number of benzene rings is 3.